The number of aryl methyl sites for hydroxylation is 1. The average Bonchev–Trinajstić information content (AvgIpc) is 2.00. The maximum Gasteiger partial charge on any atom is 0.191 e. The monoisotopic (exact) mass is 264 g/mol. The van der Waals surface area contributed by atoms with Crippen LogP contribution in [0.5, 0.6) is 0 Å². The molecule has 0 spiro atoms. The number of halogens is 3. The highest BCUT2D eigenvalue weighted by atomic mass is 35.6. The van der Waals surface area contributed by atoms with Crippen molar-refractivity contribution >= 4 is 34.8 Å². The number of benzene rings is 1. The molecule has 15 heavy (non-hydrogen) atoms. The lowest BCUT2D eigenvalue weighted by molar-refractivity contribution is 0.486. The molecule has 0 fully saturated rings. The Kier molecular flexibility index (Phi) is 3.97. The zero-order valence-electron chi connectivity index (χ0n) is 9.15. The van der Waals surface area contributed by atoms with Gasteiger partial charge in [-0.05, 0) is 17.9 Å². The van der Waals surface area contributed by atoms with Crippen LogP contribution in [0, 0.1) is 6.92 Å². The van der Waals surface area contributed by atoms with Crippen LogP contribution in [0.15, 0.2) is 24.3 Å². The minimum Gasteiger partial charge on any atom is -0.0837 e. The third kappa shape index (κ3) is 4.22. The molecule has 0 amide bonds. The summed E-state index contributed by atoms with van der Waals surface area (Å²) in [6.45, 7) is 6.23. The van der Waals surface area contributed by atoms with Gasteiger partial charge in [0.15, 0.2) is 3.79 Å². The summed E-state index contributed by atoms with van der Waals surface area (Å²) in [6.07, 6.45) is 0.508. The van der Waals surface area contributed by atoms with Gasteiger partial charge in [0.1, 0.15) is 0 Å². The summed E-state index contributed by atoms with van der Waals surface area (Å²) in [7, 11) is 0. The van der Waals surface area contributed by atoms with Gasteiger partial charge in [0.05, 0.1) is 0 Å². The zero-order chi connectivity index (χ0) is 11.7. The van der Waals surface area contributed by atoms with Gasteiger partial charge in [0.2, 0.25) is 0 Å². The lowest BCUT2D eigenvalue weighted by atomic mass is 9.82. The van der Waals surface area contributed by atoms with Crippen molar-refractivity contribution in [1.82, 2.24) is 0 Å². The molecule has 0 saturated carbocycles. The highest BCUT2D eigenvalue weighted by molar-refractivity contribution is 6.67. The van der Waals surface area contributed by atoms with E-state index < -0.39 is 3.79 Å². The second-order valence-corrected chi connectivity index (χ2v) is 7.06. The normalized spacial score (nSPS) is 12.9. The summed E-state index contributed by atoms with van der Waals surface area (Å²) < 4.78 is -1.20. The predicted molar refractivity (Wildman–Crippen MR) is 69.1 cm³/mol. The van der Waals surface area contributed by atoms with Crippen molar-refractivity contribution in [3.8, 4) is 0 Å². The summed E-state index contributed by atoms with van der Waals surface area (Å²) in [5.41, 5.74) is 2.31. The number of hydrogen-bond acceptors (Lipinski definition) is 0. The maximum atomic E-state index is 5.83. The van der Waals surface area contributed by atoms with Crippen LogP contribution < -0.4 is 0 Å². The van der Waals surface area contributed by atoms with E-state index in [1.54, 1.807) is 0 Å². The molecule has 84 valence electrons. The number of hydrogen-bond donors (Lipinski definition) is 0. The Hall–Kier alpha value is 0.0900. The van der Waals surface area contributed by atoms with E-state index in [4.69, 9.17) is 34.8 Å². The van der Waals surface area contributed by atoms with Gasteiger partial charge in [0.25, 0.3) is 0 Å². The highest BCUT2D eigenvalue weighted by Crippen LogP contribution is 2.40. The highest BCUT2D eigenvalue weighted by Gasteiger charge is 2.32. The van der Waals surface area contributed by atoms with Crippen molar-refractivity contribution in [2.24, 2.45) is 0 Å². The first-order chi connectivity index (χ1) is 6.71. The van der Waals surface area contributed by atoms with E-state index in [0.717, 1.165) is 0 Å². The fourth-order valence-corrected chi connectivity index (χ4v) is 2.61. The lowest BCUT2D eigenvalue weighted by Gasteiger charge is -2.29. The van der Waals surface area contributed by atoms with Gasteiger partial charge >= 0.3 is 0 Å². The van der Waals surface area contributed by atoms with Crippen LogP contribution in [0.2, 0.25) is 0 Å². The van der Waals surface area contributed by atoms with Gasteiger partial charge < -0.3 is 0 Å². The smallest absolute Gasteiger partial charge is 0.0837 e. The van der Waals surface area contributed by atoms with E-state index in [2.05, 4.69) is 45.0 Å². The van der Waals surface area contributed by atoms with Crippen molar-refractivity contribution in [3.63, 3.8) is 0 Å². The van der Waals surface area contributed by atoms with E-state index in [9.17, 15) is 0 Å². The van der Waals surface area contributed by atoms with E-state index in [1.807, 2.05) is 0 Å². The third-order valence-electron chi connectivity index (χ3n) is 2.48. The van der Waals surface area contributed by atoms with Gasteiger partial charge in [-0.1, -0.05) is 78.5 Å². The van der Waals surface area contributed by atoms with Crippen LogP contribution in [0.3, 0.4) is 0 Å². The first-order valence-electron chi connectivity index (χ1n) is 4.85. The van der Waals surface area contributed by atoms with Gasteiger partial charge in [-0.2, -0.15) is 0 Å². The summed E-state index contributed by atoms with van der Waals surface area (Å²) in [5.74, 6) is 0. The minimum atomic E-state index is -1.20. The topological polar surface area (TPSA) is 0 Å². The molecule has 0 saturated heterocycles. The largest absolute Gasteiger partial charge is 0.191 e. The summed E-state index contributed by atoms with van der Waals surface area (Å²) in [5, 5.41) is 0. The summed E-state index contributed by atoms with van der Waals surface area (Å²) in [4.78, 5) is 0. The second-order valence-electron chi connectivity index (χ2n) is 4.54. The molecule has 0 bridgehead atoms. The summed E-state index contributed by atoms with van der Waals surface area (Å²) in [6, 6.07) is 8.34. The van der Waals surface area contributed by atoms with E-state index >= 15 is 0 Å². The molecule has 1 rings (SSSR count). The summed E-state index contributed by atoms with van der Waals surface area (Å²) >= 11 is 17.5. The molecule has 0 N–H and O–H groups in total. The van der Waals surface area contributed by atoms with Crippen LogP contribution in [-0.2, 0) is 5.41 Å². The number of alkyl halides is 3. The fraction of sp³-hybridized carbons (Fsp3) is 0.500. The zero-order valence-corrected chi connectivity index (χ0v) is 11.4. The van der Waals surface area contributed by atoms with Crippen LogP contribution >= 0.6 is 34.8 Å². The molecule has 0 radical (unpaired) electrons. The molecule has 0 aliphatic carbocycles. The SMILES string of the molecule is Cc1ccc(C(C)(C)CC(Cl)(Cl)Cl)cc1. The Morgan fingerprint density at radius 1 is 1.00 bits per heavy atom. The molecule has 1 aromatic carbocycles. The molecule has 0 aliphatic heterocycles. The predicted octanol–water partition coefficient (Wildman–Crippen LogP) is 5.03. The van der Waals surface area contributed by atoms with Crippen molar-refractivity contribution in [1.29, 1.82) is 0 Å². The Bertz CT molecular complexity index is 320. The third-order valence-corrected chi connectivity index (χ3v) is 2.88. The first-order valence-corrected chi connectivity index (χ1v) is 5.98. The van der Waals surface area contributed by atoms with Gasteiger partial charge in [-0.25, -0.2) is 0 Å². The molecule has 0 nitrogen and oxygen atoms in total. The second kappa shape index (κ2) is 4.53. The van der Waals surface area contributed by atoms with Crippen LogP contribution in [-0.4, -0.2) is 3.79 Å². The lowest BCUT2D eigenvalue weighted by Crippen LogP contribution is -2.24. The van der Waals surface area contributed by atoms with Crippen molar-refractivity contribution < 1.29 is 0 Å². The molecule has 0 atom stereocenters. The average molecular weight is 266 g/mol. The number of rotatable bonds is 2. The van der Waals surface area contributed by atoms with E-state index in [0.29, 0.717) is 6.42 Å². The van der Waals surface area contributed by atoms with E-state index in [-0.39, 0.29) is 5.41 Å². The standard InChI is InChI=1S/C12H15Cl3/c1-9-4-6-10(7-5-9)11(2,3)8-12(13,14)15/h4-7H,8H2,1-3H3. The molecule has 0 heterocycles. The molecule has 3 heteroatoms. The molecule has 1 aromatic rings. The van der Waals surface area contributed by atoms with E-state index in [1.165, 1.54) is 11.1 Å². The molecular weight excluding hydrogens is 250 g/mol. The van der Waals surface area contributed by atoms with Gasteiger partial charge in [-0.3, -0.25) is 0 Å². The minimum absolute atomic E-state index is 0.126. The fourth-order valence-electron chi connectivity index (χ4n) is 1.61. The van der Waals surface area contributed by atoms with Crippen LogP contribution in [0.1, 0.15) is 31.4 Å². The van der Waals surface area contributed by atoms with Crippen molar-refractivity contribution in [3.05, 3.63) is 35.4 Å². The first kappa shape index (κ1) is 13.2. The Labute approximate surface area is 107 Å². The van der Waals surface area contributed by atoms with Crippen LogP contribution in [0.25, 0.3) is 0 Å². The van der Waals surface area contributed by atoms with Crippen molar-refractivity contribution in [2.75, 3.05) is 0 Å². The quantitative estimate of drug-likeness (QED) is 0.658. The van der Waals surface area contributed by atoms with Crippen molar-refractivity contribution in [2.45, 2.75) is 36.4 Å². The maximum absolute atomic E-state index is 5.83. The molecule has 0 aliphatic rings. The molecular formula is C12H15Cl3. The molecule has 0 aromatic heterocycles. The van der Waals surface area contributed by atoms with Crippen LogP contribution in [0.4, 0.5) is 0 Å². The Morgan fingerprint density at radius 3 is 1.87 bits per heavy atom. The molecule has 0 unspecified atom stereocenters. The van der Waals surface area contributed by atoms with Gasteiger partial charge in [-0.15, -0.1) is 0 Å². The Balaban J connectivity index is 2.90. The Morgan fingerprint density at radius 2 is 1.47 bits per heavy atom. The van der Waals surface area contributed by atoms with Gasteiger partial charge in [0, 0.05) is 6.42 Å².